The fraction of sp³-hybridized carbons (Fsp3) is 0.471. The van der Waals surface area contributed by atoms with Crippen LogP contribution in [-0.4, -0.2) is 41.8 Å². The Morgan fingerprint density at radius 3 is 2.42 bits per heavy atom. The number of carboxylic acid groups (broad SMARTS) is 1. The smallest absolute Gasteiger partial charge is 0.411 e. The predicted octanol–water partition coefficient (Wildman–Crippen LogP) is 3.04. The molecule has 0 aliphatic rings. The molecule has 0 saturated carbocycles. The SMILES string of the molecule is CC(C)(C)OC(=O)NC(CC=O)CCN(C(=O)O)c1ccccc1. The van der Waals surface area contributed by atoms with Gasteiger partial charge in [0.1, 0.15) is 11.9 Å². The van der Waals surface area contributed by atoms with Crippen LogP contribution < -0.4 is 10.2 Å². The molecule has 0 aliphatic heterocycles. The molecule has 0 bridgehead atoms. The largest absolute Gasteiger partial charge is 0.465 e. The zero-order chi connectivity index (χ0) is 18.2. The molecule has 1 aromatic rings. The fourth-order valence-electron chi connectivity index (χ4n) is 2.07. The predicted molar refractivity (Wildman–Crippen MR) is 90.3 cm³/mol. The van der Waals surface area contributed by atoms with Crippen molar-refractivity contribution in [3.63, 3.8) is 0 Å². The van der Waals surface area contributed by atoms with Gasteiger partial charge in [-0.1, -0.05) is 18.2 Å². The molecule has 0 spiro atoms. The standard InChI is InChI=1S/C17H24N2O5/c1-17(2,3)24-15(21)18-13(10-12-20)9-11-19(16(22)23)14-7-5-4-6-8-14/h4-8,12-13H,9-11H2,1-3H3,(H,18,21)(H,22,23). The molecule has 132 valence electrons. The van der Waals surface area contributed by atoms with Gasteiger partial charge in [-0.05, 0) is 39.3 Å². The Balaban J connectivity index is 2.68. The number of ether oxygens (including phenoxy) is 1. The molecular weight excluding hydrogens is 312 g/mol. The number of hydrogen-bond donors (Lipinski definition) is 2. The van der Waals surface area contributed by atoms with E-state index in [-0.39, 0.29) is 13.0 Å². The minimum absolute atomic E-state index is 0.0848. The zero-order valence-electron chi connectivity index (χ0n) is 14.2. The van der Waals surface area contributed by atoms with E-state index in [1.807, 2.05) is 0 Å². The number of nitrogens with zero attached hydrogens (tertiary/aromatic N) is 1. The van der Waals surface area contributed by atoms with Gasteiger partial charge in [-0.15, -0.1) is 0 Å². The van der Waals surface area contributed by atoms with Crippen molar-refractivity contribution in [2.45, 2.75) is 45.3 Å². The summed E-state index contributed by atoms with van der Waals surface area (Å²) in [5.41, 5.74) is -0.112. The Morgan fingerprint density at radius 2 is 1.92 bits per heavy atom. The maximum absolute atomic E-state index is 11.8. The van der Waals surface area contributed by atoms with Crippen molar-refractivity contribution in [2.24, 2.45) is 0 Å². The Bertz CT molecular complexity index is 554. The highest BCUT2D eigenvalue weighted by molar-refractivity contribution is 5.85. The lowest BCUT2D eigenvalue weighted by Crippen LogP contribution is -2.42. The van der Waals surface area contributed by atoms with E-state index in [0.717, 1.165) is 0 Å². The minimum Gasteiger partial charge on any atom is -0.465 e. The van der Waals surface area contributed by atoms with Crippen LogP contribution in [0.2, 0.25) is 0 Å². The maximum Gasteiger partial charge on any atom is 0.411 e. The van der Waals surface area contributed by atoms with Gasteiger partial charge >= 0.3 is 12.2 Å². The number of carbonyl (C=O) groups is 3. The molecule has 0 aromatic heterocycles. The Morgan fingerprint density at radius 1 is 1.29 bits per heavy atom. The van der Waals surface area contributed by atoms with Crippen LogP contribution in [0.1, 0.15) is 33.6 Å². The van der Waals surface area contributed by atoms with E-state index >= 15 is 0 Å². The number of amides is 2. The third-order valence-corrected chi connectivity index (χ3v) is 3.10. The van der Waals surface area contributed by atoms with E-state index in [4.69, 9.17) is 4.74 Å². The molecule has 1 unspecified atom stereocenters. The number of anilines is 1. The highest BCUT2D eigenvalue weighted by Crippen LogP contribution is 2.15. The Hall–Kier alpha value is -2.57. The van der Waals surface area contributed by atoms with Crippen LogP contribution in [0.25, 0.3) is 0 Å². The number of nitrogens with one attached hydrogen (secondary N) is 1. The Kier molecular flexibility index (Phi) is 7.23. The first-order valence-electron chi connectivity index (χ1n) is 7.71. The molecule has 2 N–H and O–H groups in total. The van der Waals surface area contributed by atoms with Crippen LogP contribution in [0.4, 0.5) is 15.3 Å². The molecule has 1 rings (SSSR count). The van der Waals surface area contributed by atoms with Crippen molar-refractivity contribution < 1.29 is 24.2 Å². The number of para-hydroxylation sites is 1. The molecule has 0 aliphatic carbocycles. The zero-order valence-corrected chi connectivity index (χ0v) is 14.2. The first kappa shape index (κ1) is 19.5. The fourth-order valence-corrected chi connectivity index (χ4v) is 2.07. The molecule has 0 radical (unpaired) electrons. The maximum atomic E-state index is 11.8. The van der Waals surface area contributed by atoms with E-state index in [2.05, 4.69) is 5.32 Å². The normalized spacial score (nSPS) is 12.1. The Labute approximate surface area is 141 Å². The van der Waals surface area contributed by atoms with Crippen molar-refractivity contribution in [3.8, 4) is 0 Å². The van der Waals surface area contributed by atoms with E-state index in [0.29, 0.717) is 18.4 Å². The molecule has 24 heavy (non-hydrogen) atoms. The molecule has 7 heteroatoms. The van der Waals surface area contributed by atoms with Crippen LogP contribution >= 0.6 is 0 Å². The molecule has 7 nitrogen and oxygen atoms in total. The van der Waals surface area contributed by atoms with E-state index in [1.54, 1.807) is 51.1 Å². The monoisotopic (exact) mass is 336 g/mol. The number of benzene rings is 1. The average molecular weight is 336 g/mol. The van der Waals surface area contributed by atoms with Crippen LogP contribution in [0.15, 0.2) is 30.3 Å². The lowest BCUT2D eigenvalue weighted by molar-refractivity contribution is -0.108. The molecule has 1 atom stereocenters. The van der Waals surface area contributed by atoms with Gasteiger partial charge in [0.05, 0.1) is 0 Å². The number of rotatable bonds is 7. The van der Waals surface area contributed by atoms with Crippen LogP contribution in [-0.2, 0) is 9.53 Å². The summed E-state index contributed by atoms with van der Waals surface area (Å²) in [5.74, 6) is 0. The first-order chi connectivity index (χ1) is 11.2. The number of aldehydes is 1. The third kappa shape index (κ3) is 7.13. The topological polar surface area (TPSA) is 95.9 Å². The number of hydrogen-bond acceptors (Lipinski definition) is 4. The van der Waals surface area contributed by atoms with E-state index in [9.17, 15) is 19.5 Å². The molecular formula is C17H24N2O5. The lowest BCUT2D eigenvalue weighted by atomic mass is 10.1. The quantitative estimate of drug-likeness (QED) is 0.746. The van der Waals surface area contributed by atoms with Gasteiger partial charge in [0.2, 0.25) is 0 Å². The molecule has 0 heterocycles. The average Bonchev–Trinajstić information content (AvgIpc) is 2.46. The highest BCUT2D eigenvalue weighted by Gasteiger charge is 2.21. The summed E-state index contributed by atoms with van der Waals surface area (Å²) in [7, 11) is 0. The lowest BCUT2D eigenvalue weighted by Gasteiger charge is -2.25. The van der Waals surface area contributed by atoms with E-state index < -0.39 is 23.8 Å². The summed E-state index contributed by atoms with van der Waals surface area (Å²) in [6.07, 6.45) is -0.657. The van der Waals surface area contributed by atoms with Crippen molar-refractivity contribution in [2.75, 3.05) is 11.4 Å². The summed E-state index contributed by atoms with van der Waals surface area (Å²) in [4.78, 5) is 35.2. The minimum atomic E-state index is -1.09. The second-order valence-electron chi connectivity index (χ2n) is 6.30. The molecule has 0 fully saturated rings. The summed E-state index contributed by atoms with van der Waals surface area (Å²) in [6.45, 7) is 5.36. The van der Waals surface area contributed by atoms with Crippen molar-refractivity contribution in [3.05, 3.63) is 30.3 Å². The third-order valence-electron chi connectivity index (χ3n) is 3.10. The number of carbonyl (C=O) groups excluding carboxylic acids is 2. The summed E-state index contributed by atoms with van der Waals surface area (Å²) < 4.78 is 5.16. The van der Waals surface area contributed by atoms with Gasteiger partial charge in [-0.25, -0.2) is 9.59 Å². The molecule has 0 saturated heterocycles. The summed E-state index contributed by atoms with van der Waals surface area (Å²) in [5, 5.41) is 12.0. The van der Waals surface area contributed by atoms with Gasteiger partial charge in [0, 0.05) is 24.7 Å². The second kappa shape index (κ2) is 8.90. The van der Waals surface area contributed by atoms with Crippen LogP contribution in [0.3, 0.4) is 0 Å². The van der Waals surface area contributed by atoms with E-state index in [1.165, 1.54) is 4.90 Å². The van der Waals surface area contributed by atoms with Gasteiger partial charge in [-0.3, -0.25) is 4.90 Å². The molecule has 1 aromatic carbocycles. The van der Waals surface area contributed by atoms with Crippen LogP contribution in [0.5, 0.6) is 0 Å². The van der Waals surface area contributed by atoms with Crippen molar-refractivity contribution >= 4 is 24.2 Å². The van der Waals surface area contributed by atoms with Crippen molar-refractivity contribution in [1.82, 2.24) is 5.32 Å². The van der Waals surface area contributed by atoms with Crippen LogP contribution in [0, 0.1) is 0 Å². The van der Waals surface area contributed by atoms with Crippen molar-refractivity contribution in [1.29, 1.82) is 0 Å². The van der Waals surface area contributed by atoms with Gasteiger partial charge in [0.15, 0.2) is 0 Å². The van der Waals surface area contributed by atoms with Gasteiger partial charge in [0.25, 0.3) is 0 Å². The summed E-state index contributed by atoms with van der Waals surface area (Å²) in [6, 6.07) is 8.15. The number of alkyl carbamates (subject to hydrolysis) is 1. The second-order valence-corrected chi connectivity index (χ2v) is 6.30. The highest BCUT2D eigenvalue weighted by atomic mass is 16.6. The molecule has 2 amide bonds. The first-order valence-corrected chi connectivity index (χ1v) is 7.71. The van der Waals surface area contributed by atoms with Gasteiger partial charge < -0.3 is 20.0 Å². The van der Waals surface area contributed by atoms with Gasteiger partial charge in [-0.2, -0.15) is 0 Å². The summed E-state index contributed by atoms with van der Waals surface area (Å²) >= 11 is 0.